The molecule has 1 atom stereocenters. The quantitative estimate of drug-likeness (QED) is 0.777. The first-order valence-corrected chi connectivity index (χ1v) is 8.24. The van der Waals surface area contributed by atoms with Crippen LogP contribution in [0.1, 0.15) is 41.9 Å². The van der Waals surface area contributed by atoms with Crippen molar-refractivity contribution in [1.82, 2.24) is 30.1 Å². The summed E-state index contributed by atoms with van der Waals surface area (Å²) in [5.74, 6) is 0.422. The van der Waals surface area contributed by atoms with Crippen molar-refractivity contribution in [1.29, 1.82) is 0 Å². The molecule has 1 fully saturated rings. The maximum absolute atomic E-state index is 12.6. The van der Waals surface area contributed by atoms with Crippen molar-refractivity contribution < 1.29 is 4.79 Å². The summed E-state index contributed by atoms with van der Waals surface area (Å²) in [6, 6.07) is 7.67. The van der Waals surface area contributed by atoms with Gasteiger partial charge in [-0.2, -0.15) is 5.10 Å². The molecule has 0 saturated heterocycles. The van der Waals surface area contributed by atoms with Crippen molar-refractivity contribution >= 4 is 16.8 Å². The predicted molar refractivity (Wildman–Crippen MR) is 89.6 cm³/mol. The van der Waals surface area contributed by atoms with E-state index in [9.17, 15) is 4.79 Å². The largest absolute Gasteiger partial charge is 0.346 e. The lowest BCUT2D eigenvalue weighted by Crippen LogP contribution is -2.36. The van der Waals surface area contributed by atoms with Crippen LogP contribution >= 0.6 is 0 Å². The Kier molecular flexibility index (Phi) is 3.55. The van der Waals surface area contributed by atoms with Crippen molar-refractivity contribution in [3.63, 3.8) is 0 Å². The number of carbonyl (C=O) groups is 1. The Balaban J connectivity index is 1.46. The molecule has 0 radical (unpaired) electrons. The molecule has 1 N–H and O–H groups in total. The molecule has 1 saturated carbocycles. The van der Waals surface area contributed by atoms with E-state index in [-0.39, 0.29) is 11.9 Å². The van der Waals surface area contributed by atoms with Gasteiger partial charge in [-0.3, -0.25) is 14.2 Å². The zero-order chi connectivity index (χ0) is 16.7. The van der Waals surface area contributed by atoms with Crippen LogP contribution < -0.4 is 5.32 Å². The SMILES string of the molecule is C[C@H](Cn1cc(C2CC2)nn1)NC(=O)c1nn(C)c2ccccc12. The third-order valence-corrected chi connectivity index (χ3v) is 4.36. The van der Waals surface area contributed by atoms with Crippen molar-refractivity contribution in [3.05, 3.63) is 41.9 Å². The van der Waals surface area contributed by atoms with Gasteiger partial charge in [0, 0.05) is 30.6 Å². The predicted octanol–water partition coefficient (Wildman–Crippen LogP) is 1.86. The van der Waals surface area contributed by atoms with E-state index in [1.165, 1.54) is 12.8 Å². The van der Waals surface area contributed by atoms with Gasteiger partial charge in [0.25, 0.3) is 5.91 Å². The average molecular weight is 324 g/mol. The summed E-state index contributed by atoms with van der Waals surface area (Å²) in [7, 11) is 1.84. The standard InChI is InChI=1S/C17H20N6O/c1-11(9-23-10-14(19-21-23)12-7-8-12)18-17(24)16-13-5-3-4-6-15(13)22(2)20-16/h3-6,10-12H,7-9H2,1-2H3,(H,18,24)/t11-/m1/s1. The number of rotatable bonds is 5. The molecule has 3 aromatic rings. The highest BCUT2D eigenvalue weighted by atomic mass is 16.2. The second-order valence-corrected chi connectivity index (χ2v) is 6.50. The van der Waals surface area contributed by atoms with Crippen LogP contribution in [-0.4, -0.2) is 36.7 Å². The minimum absolute atomic E-state index is 0.0629. The smallest absolute Gasteiger partial charge is 0.272 e. The first-order valence-electron chi connectivity index (χ1n) is 8.24. The molecule has 1 aromatic carbocycles. The van der Waals surface area contributed by atoms with E-state index in [0.717, 1.165) is 16.6 Å². The molecule has 1 aliphatic rings. The van der Waals surface area contributed by atoms with Gasteiger partial charge in [0.1, 0.15) is 0 Å². The number of amides is 1. The fourth-order valence-electron chi connectivity index (χ4n) is 2.97. The first-order chi connectivity index (χ1) is 11.6. The summed E-state index contributed by atoms with van der Waals surface area (Å²) < 4.78 is 3.53. The Bertz CT molecular complexity index is 892. The number of para-hydroxylation sites is 1. The number of benzene rings is 1. The molecule has 0 unspecified atom stereocenters. The Morgan fingerprint density at radius 2 is 2.17 bits per heavy atom. The number of nitrogens with one attached hydrogen (secondary N) is 1. The molecule has 2 aromatic heterocycles. The number of aryl methyl sites for hydroxylation is 1. The van der Waals surface area contributed by atoms with Crippen molar-refractivity contribution in [3.8, 4) is 0 Å². The molecule has 7 nitrogen and oxygen atoms in total. The van der Waals surface area contributed by atoms with Gasteiger partial charge in [-0.05, 0) is 25.8 Å². The highest BCUT2D eigenvalue weighted by molar-refractivity contribution is 6.04. The molecular weight excluding hydrogens is 304 g/mol. The van der Waals surface area contributed by atoms with Crippen LogP contribution in [0.2, 0.25) is 0 Å². The molecule has 4 rings (SSSR count). The normalized spacial score (nSPS) is 15.6. The van der Waals surface area contributed by atoms with E-state index in [2.05, 4.69) is 20.7 Å². The van der Waals surface area contributed by atoms with Crippen LogP contribution in [0.15, 0.2) is 30.5 Å². The van der Waals surface area contributed by atoms with Gasteiger partial charge in [0.05, 0.1) is 17.8 Å². The maximum Gasteiger partial charge on any atom is 0.272 e. The van der Waals surface area contributed by atoms with Gasteiger partial charge < -0.3 is 5.32 Å². The fraction of sp³-hybridized carbons (Fsp3) is 0.412. The number of nitrogens with zero attached hydrogens (tertiary/aromatic N) is 5. The van der Waals surface area contributed by atoms with Gasteiger partial charge in [0.2, 0.25) is 0 Å². The van der Waals surface area contributed by atoms with E-state index in [0.29, 0.717) is 18.2 Å². The molecule has 1 aliphatic carbocycles. The van der Waals surface area contributed by atoms with Crippen molar-refractivity contribution in [2.24, 2.45) is 7.05 Å². The first kappa shape index (κ1) is 14.9. The number of fused-ring (bicyclic) bond motifs is 1. The van der Waals surface area contributed by atoms with Gasteiger partial charge in [-0.15, -0.1) is 5.10 Å². The van der Waals surface area contributed by atoms with Crippen LogP contribution in [0.3, 0.4) is 0 Å². The summed E-state index contributed by atoms with van der Waals surface area (Å²) in [4.78, 5) is 12.6. The average Bonchev–Trinajstić information content (AvgIpc) is 3.23. The van der Waals surface area contributed by atoms with Crippen molar-refractivity contribution in [2.45, 2.75) is 38.3 Å². The van der Waals surface area contributed by atoms with Crippen LogP contribution in [0.5, 0.6) is 0 Å². The lowest BCUT2D eigenvalue weighted by Gasteiger charge is -2.12. The number of aromatic nitrogens is 5. The third-order valence-electron chi connectivity index (χ3n) is 4.36. The monoisotopic (exact) mass is 324 g/mol. The third kappa shape index (κ3) is 2.77. The Morgan fingerprint density at radius 3 is 2.96 bits per heavy atom. The number of carbonyl (C=O) groups excluding carboxylic acids is 1. The highest BCUT2D eigenvalue weighted by Gasteiger charge is 2.26. The summed E-state index contributed by atoms with van der Waals surface area (Å²) in [5.41, 5.74) is 2.46. The number of hydrogen-bond acceptors (Lipinski definition) is 4. The second kappa shape index (κ2) is 5.74. The van der Waals surface area contributed by atoms with Gasteiger partial charge in [0.15, 0.2) is 5.69 Å². The van der Waals surface area contributed by atoms with E-state index < -0.39 is 0 Å². The topological polar surface area (TPSA) is 77.6 Å². The lowest BCUT2D eigenvalue weighted by molar-refractivity contribution is 0.0931. The van der Waals surface area contributed by atoms with E-state index in [4.69, 9.17) is 0 Å². The molecule has 7 heteroatoms. The Morgan fingerprint density at radius 1 is 1.38 bits per heavy atom. The molecule has 0 spiro atoms. The summed E-state index contributed by atoms with van der Waals surface area (Å²) in [6.07, 6.45) is 4.39. The molecule has 124 valence electrons. The molecule has 0 aliphatic heterocycles. The van der Waals surface area contributed by atoms with Crippen LogP contribution in [0, 0.1) is 0 Å². The summed E-state index contributed by atoms with van der Waals surface area (Å²) in [6.45, 7) is 2.55. The van der Waals surface area contributed by atoms with E-state index in [1.54, 1.807) is 9.36 Å². The zero-order valence-corrected chi connectivity index (χ0v) is 13.8. The summed E-state index contributed by atoms with van der Waals surface area (Å²) >= 11 is 0. The van der Waals surface area contributed by atoms with Crippen LogP contribution in [-0.2, 0) is 13.6 Å². The number of hydrogen-bond donors (Lipinski definition) is 1. The maximum atomic E-state index is 12.6. The van der Waals surface area contributed by atoms with E-state index in [1.807, 2.05) is 44.4 Å². The second-order valence-electron chi connectivity index (χ2n) is 6.50. The van der Waals surface area contributed by atoms with Crippen molar-refractivity contribution in [2.75, 3.05) is 0 Å². The molecule has 2 heterocycles. The van der Waals surface area contributed by atoms with E-state index >= 15 is 0 Å². The summed E-state index contributed by atoms with van der Waals surface area (Å²) in [5, 5.41) is 16.6. The molecule has 24 heavy (non-hydrogen) atoms. The fourth-order valence-corrected chi connectivity index (χ4v) is 2.97. The molecule has 0 bridgehead atoms. The molecular formula is C17H20N6O. The Hall–Kier alpha value is -2.70. The Labute approximate surface area is 139 Å². The van der Waals surface area contributed by atoms with Crippen LogP contribution in [0.4, 0.5) is 0 Å². The zero-order valence-electron chi connectivity index (χ0n) is 13.8. The van der Waals surface area contributed by atoms with Gasteiger partial charge in [-0.1, -0.05) is 23.4 Å². The van der Waals surface area contributed by atoms with Gasteiger partial charge in [-0.25, -0.2) is 0 Å². The van der Waals surface area contributed by atoms with Gasteiger partial charge >= 0.3 is 0 Å². The minimum Gasteiger partial charge on any atom is -0.346 e. The molecule has 1 amide bonds. The lowest BCUT2D eigenvalue weighted by atomic mass is 10.2. The van der Waals surface area contributed by atoms with Crippen LogP contribution in [0.25, 0.3) is 10.9 Å². The highest BCUT2D eigenvalue weighted by Crippen LogP contribution is 2.38. The minimum atomic E-state index is -0.165.